The highest BCUT2D eigenvalue weighted by Gasteiger charge is 2.06. The lowest BCUT2D eigenvalue weighted by Gasteiger charge is -2.15. The predicted molar refractivity (Wildman–Crippen MR) is 101 cm³/mol. The van der Waals surface area contributed by atoms with Crippen molar-refractivity contribution >= 4 is 5.69 Å². The van der Waals surface area contributed by atoms with Crippen LogP contribution in [0.4, 0.5) is 5.69 Å². The number of anilines is 1. The van der Waals surface area contributed by atoms with Crippen LogP contribution >= 0.6 is 0 Å². The van der Waals surface area contributed by atoms with E-state index in [1.807, 2.05) is 36.4 Å². The molecule has 0 spiro atoms. The third kappa shape index (κ3) is 5.80. The maximum atomic E-state index is 5.94. The van der Waals surface area contributed by atoms with Crippen molar-refractivity contribution in [2.45, 2.75) is 33.6 Å². The largest absolute Gasteiger partial charge is 0.493 e. The first-order valence-corrected chi connectivity index (χ1v) is 8.74. The van der Waals surface area contributed by atoms with Crippen LogP contribution in [0.5, 0.6) is 11.5 Å². The second kappa shape index (κ2) is 9.21. The van der Waals surface area contributed by atoms with Crippen LogP contribution in [-0.2, 0) is 0 Å². The Balaban J connectivity index is 1.81. The summed E-state index contributed by atoms with van der Waals surface area (Å²) >= 11 is 0. The van der Waals surface area contributed by atoms with E-state index in [2.05, 4.69) is 45.1 Å². The highest BCUT2D eigenvalue weighted by molar-refractivity contribution is 5.48. The predicted octanol–water partition coefficient (Wildman–Crippen LogP) is 5.34. The van der Waals surface area contributed by atoms with Crippen molar-refractivity contribution in [1.82, 2.24) is 0 Å². The van der Waals surface area contributed by atoms with E-state index in [1.165, 1.54) is 5.56 Å². The molecule has 0 unspecified atom stereocenters. The molecule has 0 saturated heterocycles. The summed E-state index contributed by atoms with van der Waals surface area (Å²) in [6.07, 6.45) is 0. The van der Waals surface area contributed by atoms with Gasteiger partial charge in [-0.1, -0.05) is 52.0 Å². The molecule has 0 atom stereocenters. The minimum Gasteiger partial charge on any atom is -0.493 e. The van der Waals surface area contributed by atoms with Crippen molar-refractivity contribution < 1.29 is 9.47 Å². The van der Waals surface area contributed by atoms with E-state index in [9.17, 15) is 0 Å². The summed E-state index contributed by atoms with van der Waals surface area (Å²) in [5.74, 6) is 2.86. The molecule has 0 heterocycles. The van der Waals surface area contributed by atoms with E-state index >= 15 is 0 Å². The summed E-state index contributed by atoms with van der Waals surface area (Å²) in [7, 11) is 0. The first-order chi connectivity index (χ1) is 11.6. The molecule has 24 heavy (non-hydrogen) atoms. The fourth-order valence-corrected chi connectivity index (χ4v) is 2.40. The number of para-hydroxylation sites is 1. The maximum absolute atomic E-state index is 5.94. The third-order valence-electron chi connectivity index (χ3n) is 3.65. The van der Waals surface area contributed by atoms with Crippen molar-refractivity contribution in [3.05, 3.63) is 54.1 Å². The second-order valence-electron chi connectivity index (χ2n) is 6.70. The Morgan fingerprint density at radius 3 is 2.46 bits per heavy atom. The van der Waals surface area contributed by atoms with Crippen molar-refractivity contribution in [3.8, 4) is 11.5 Å². The molecule has 3 heteroatoms. The highest BCUT2D eigenvalue weighted by atomic mass is 16.5. The van der Waals surface area contributed by atoms with Crippen LogP contribution in [0.2, 0.25) is 0 Å². The summed E-state index contributed by atoms with van der Waals surface area (Å²) < 4.78 is 11.7. The smallest absolute Gasteiger partial charge is 0.122 e. The number of ether oxygens (including phenoxy) is 2. The van der Waals surface area contributed by atoms with Crippen molar-refractivity contribution in [1.29, 1.82) is 0 Å². The second-order valence-corrected chi connectivity index (χ2v) is 6.70. The van der Waals surface area contributed by atoms with Crippen LogP contribution in [0.1, 0.15) is 39.2 Å². The molecule has 0 fully saturated rings. The summed E-state index contributed by atoms with van der Waals surface area (Å²) in [5.41, 5.74) is 2.30. The van der Waals surface area contributed by atoms with Crippen LogP contribution in [-0.4, -0.2) is 19.8 Å². The molecule has 2 aromatic carbocycles. The molecule has 130 valence electrons. The number of benzene rings is 2. The van der Waals surface area contributed by atoms with Gasteiger partial charge in [0.05, 0.1) is 6.61 Å². The van der Waals surface area contributed by atoms with E-state index < -0.39 is 0 Å². The van der Waals surface area contributed by atoms with Gasteiger partial charge in [0, 0.05) is 18.3 Å². The number of nitrogens with one attached hydrogen (secondary N) is 1. The van der Waals surface area contributed by atoms with Gasteiger partial charge in [-0.25, -0.2) is 0 Å². The van der Waals surface area contributed by atoms with Crippen LogP contribution in [0.25, 0.3) is 0 Å². The molecular formula is C21H29NO2. The molecule has 2 aromatic rings. The molecular weight excluding hydrogens is 298 g/mol. The quantitative estimate of drug-likeness (QED) is 0.631. The number of hydrogen-bond donors (Lipinski definition) is 1. The van der Waals surface area contributed by atoms with Crippen molar-refractivity contribution in [2.24, 2.45) is 5.92 Å². The van der Waals surface area contributed by atoms with Gasteiger partial charge in [-0.05, 0) is 35.6 Å². The first kappa shape index (κ1) is 18.2. The van der Waals surface area contributed by atoms with Crippen LogP contribution < -0.4 is 14.8 Å². The third-order valence-corrected chi connectivity index (χ3v) is 3.65. The van der Waals surface area contributed by atoms with Gasteiger partial charge in [-0.2, -0.15) is 0 Å². The van der Waals surface area contributed by atoms with Crippen LogP contribution in [0.15, 0.2) is 48.5 Å². The lowest BCUT2D eigenvalue weighted by Crippen LogP contribution is -2.12. The summed E-state index contributed by atoms with van der Waals surface area (Å²) in [6.45, 7) is 10.8. The lowest BCUT2D eigenvalue weighted by molar-refractivity contribution is 0.271. The van der Waals surface area contributed by atoms with Gasteiger partial charge >= 0.3 is 0 Å². The van der Waals surface area contributed by atoms with Crippen LogP contribution in [0, 0.1) is 5.92 Å². The molecule has 0 saturated carbocycles. The topological polar surface area (TPSA) is 30.5 Å². The van der Waals surface area contributed by atoms with Crippen LogP contribution in [0.3, 0.4) is 0 Å². The minimum absolute atomic E-state index is 0.462. The molecule has 2 rings (SSSR count). The van der Waals surface area contributed by atoms with Gasteiger partial charge in [-0.15, -0.1) is 0 Å². The Morgan fingerprint density at radius 2 is 1.71 bits per heavy atom. The van der Waals surface area contributed by atoms with Gasteiger partial charge in [0.25, 0.3) is 0 Å². The van der Waals surface area contributed by atoms with E-state index in [-0.39, 0.29) is 0 Å². The van der Waals surface area contributed by atoms with E-state index in [0.29, 0.717) is 18.4 Å². The van der Waals surface area contributed by atoms with Gasteiger partial charge in [0.15, 0.2) is 0 Å². The molecule has 0 aliphatic carbocycles. The van der Waals surface area contributed by atoms with Gasteiger partial charge in [0.1, 0.15) is 18.1 Å². The highest BCUT2D eigenvalue weighted by Crippen LogP contribution is 2.25. The molecule has 0 amide bonds. The average molecular weight is 327 g/mol. The van der Waals surface area contributed by atoms with Crippen molar-refractivity contribution in [2.75, 3.05) is 25.1 Å². The lowest BCUT2D eigenvalue weighted by atomic mass is 10.0. The van der Waals surface area contributed by atoms with Crippen molar-refractivity contribution in [3.63, 3.8) is 0 Å². The summed E-state index contributed by atoms with van der Waals surface area (Å²) in [6, 6.07) is 16.3. The fraction of sp³-hybridized carbons (Fsp3) is 0.429. The van der Waals surface area contributed by atoms with Gasteiger partial charge in [0.2, 0.25) is 0 Å². The molecule has 0 aliphatic heterocycles. The standard InChI is InChI=1S/C21H29NO2/c1-16(2)15-24-19-9-7-8-18(14-19)22-12-13-23-21-11-6-5-10-20(21)17(3)4/h5-11,14,16-17,22H,12-13,15H2,1-4H3. The molecule has 0 bridgehead atoms. The van der Waals surface area contributed by atoms with E-state index in [1.54, 1.807) is 0 Å². The zero-order chi connectivity index (χ0) is 17.4. The fourth-order valence-electron chi connectivity index (χ4n) is 2.40. The number of hydrogen-bond acceptors (Lipinski definition) is 3. The average Bonchev–Trinajstić information content (AvgIpc) is 2.57. The molecule has 0 aromatic heterocycles. The van der Waals surface area contributed by atoms with Gasteiger partial charge in [-0.3, -0.25) is 0 Å². The Hall–Kier alpha value is -2.16. The Labute approximate surface area is 146 Å². The number of rotatable bonds is 9. The molecule has 0 aliphatic rings. The van der Waals surface area contributed by atoms with Gasteiger partial charge < -0.3 is 14.8 Å². The zero-order valence-electron chi connectivity index (χ0n) is 15.2. The monoisotopic (exact) mass is 327 g/mol. The molecule has 0 radical (unpaired) electrons. The Kier molecular flexibility index (Phi) is 6.98. The maximum Gasteiger partial charge on any atom is 0.122 e. The first-order valence-electron chi connectivity index (χ1n) is 8.74. The van der Waals surface area contributed by atoms with E-state index in [4.69, 9.17) is 9.47 Å². The minimum atomic E-state index is 0.462. The molecule has 1 N–H and O–H groups in total. The Morgan fingerprint density at radius 1 is 0.917 bits per heavy atom. The molecule has 3 nitrogen and oxygen atoms in total. The van der Waals surface area contributed by atoms with E-state index in [0.717, 1.165) is 30.3 Å². The SMILES string of the molecule is CC(C)COc1cccc(NCCOc2ccccc2C(C)C)c1. The summed E-state index contributed by atoms with van der Waals surface area (Å²) in [4.78, 5) is 0. The summed E-state index contributed by atoms with van der Waals surface area (Å²) in [5, 5.41) is 3.39. The zero-order valence-corrected chi connectivity index (χ0v) is 15.2. The Bertz CT molecular complexity index is 623. The normalized spacial score (nSPS) is 10.9.